The predicted octanol–water partition coefficient (Wildman–Crippen LogP) is 2.41. The van der Waals surface area contributed by atoms with Crippen LogP contribution in [0.2, 0.25) is 0 Å². The lowest BCUT2D eigenvalue weighted by molar-refractivity contribution is 0.126. The van der Waals surface area contributed by atoms with E-state index in [1.54, 1.807) is 12.1 Å². The van der Waals surface area contributed by atoms with Gasteiger partial charge in [-0.25, -0.2) is 4.39 Å². The Kier molecular flexibility index (Phi) is 3.60. The molecular weight excluding hydrogens is 219 g/mol. The molecule has 4 heteroatoms. The molecule has 0 radical (unpaired) electrons. The van der Waals surface area contributed by atoms with E-state index in [2.05, 4.69) is 5.32 Å². The minimum atomic E-state index is -0.492. The zero-order valence-corrected chi connectivity index (χ0v) is 9.49. The number of aliphatic hydroxyl groups excluding tert-OH is 1. The fraction of sp³-hybridized carbons (Fsp3) is 0.462. The van der Waals surface area contributed by atoms with Gasteiger partial charge in [0.05, 0.1) is 11.7 Å². The van der Waals surface area contributed by atoms with Crippen molar-refractivity contribution in [1.29, 1.82) is 5.26 Å². The van der Waals surface area contributed by atoms with Gasteiger partial charge in [0, 0.05) is 11.7 Å². The van der Waals surface area contributed by atoms with Crippen LogP contribution in [-0.2, 0) is 0 Å². The summed E-state index contributed by atoms with van der Waals surface area (Å²) in [6.45, 7) is 0. The number of hydrogen-bond donors (Lipinski definition) is 2. The Morgan fingerprint density at radius 2 is 2.00 bits per heavy atom. The summed E-state index contributed by atoms with van der Waals surface area (Å²) < 4.78 is 13.4. The second-order valence-electron chi connectivity index (χ2n) is 4.46. The fourth-order valence-electron chi connectivity index (χ4n) is 2.15. The molecular formula is C13H15FN2O. The molecule has 1 saturated carbocycles. The lowest BCUT2D eigenvalue weighted by Gasteiger charge is -2.27. The largest absolute Gasteiger partial charge is 0.393 e. The normalized spacial score (nSPS) is 24.1. The molecule has 0 heterocycles. The maximum atomic E-state index is 13.4. The Hall–Kier alpha value is -1.60. The highest BCUT2D eigenvalue weighted by Crippen LogP contribution is 2.23. The third-order valence-corrected chi connectivity index (χ3v) is 3.16. The Morgan fingerprint density at radius 1 is 1.29 bits per heavy atom. The summed E-state index contributed by atoms with van der Waals surface area (Å²) in [6, 6.07) is 6.63. The fourth-order valence-corrected chi connectivity index (χ4v) is 2.15. The van der Waals surface area contributed by atoms with Gasteiger partial charge in [-0.3, -0.25) is 0 Å². The molecule has 3 nitrogen and oxygen atoms in total. The lowest BCUT2D eigenvalue weighted by Crippen LogP contribution is -2.28. The molecule has 0 unspecified atom stereocenters. The summed E-state index contributed by atoms with van der Waals surface area (Å²) in [6.07, 6.45) is 3.17. The lowest BCUT2D eigenvalue weighted by atomic mass is 9.93. The molecule has 0 amide bonds. The number of nitrogens with one attached hydrogen (secondary N) is 1. The first-order valence-electron chi connectivity index (χ1n) is 5.83. The highest BCUT2D eigenvalue weighted by Gasteiger charge is 2.19. The molecule has 0 atom stereocenters. The van der Waals surface area contributed by atoms with Crippen LogP contribution in [0.4, 0.5) is 10.1 Å². The Balaban J connectivity index is 2.00. The monoisotopic (exact) mass is 234 g/mol. The first-order valence-corrected chi connectivity index (χ1v) is 5.83. The maximum Gasteiger partial charge on any atom is 0.143 e. The highest BCUT2D eigenvalue weighted by atomic mass is 19.1. The molecule has 1 aliphatic carbocycles. The number of nitriles is 1. The smallest absolute Gasteiger partial charge is 0.143 e. The highest BCUT2D eigenvalue weighted by molar-refractivity contribution is 5.48. The third-order valence-electron chi connectivity index (χ3n) is 3.16. The zero-order chi connectivity index (χ0) is 12.3. The number of halogens is 1. The average molecular weight is 234 g/mol. The number of hydrogen-bond acceptors (Lipinski definition) is 3. The van der Waals surface area contributed by atoms with Crippen LogP contribution in [0.15, 0.2) is 18.2 Å². The molecule has 1 fully saturated rings. The Labute approximate surface area is 99.9 Å². The van der Waals surface area contributed by atoms with Crippen molar-refractivity contribution < 1.29 is 9.50 Å². The van der Waals surface area contributed by atoms with Crippen LogP contribution in [0.5, 0.6) is 0 Å². The summed E-state index contributed by atoms with van der Waals surface area (Å²) in [7, 11) is 0. The number of anilines is 1. The van der Waals surface area contributed by atoms with Gasteiger partial charge in [0.2, 0.25) is 0 Å². The van der Waals surface area contributed by atoms with Gasteiger partial charge in [0.25, 0.3) is 0 Å². The molecule has 2 rings (SSSR count). The van der Waals surface area contributed by atoms with Gasteiger partial charge < -0.3 is 10.4 Å². The van der Waals surface area contributed by atoms with Crippen molar-refractivity contribution in [2.45, 2.75) is 37.8 Å². The topological polar surface area (TPSA) is 56.0 Å². The molecule has 0 spiro atoms. The summed E-state index contributed by atoms with van der Waals surface area (Å²) in [5.41, 5.74) is 0.762. The van der Waals surface area contributed by atoms with E-state index < -0.39 is 5.82 Å². The summed E-state index contributed by atoms with van der Waals surface area (Å²) in [5.74, 6) is -0.492. The van der Waals surface area contributed by atoms with E-state index in [0.29, 0.717) is 5.69 Å². The summed E-state index contributed by atoms with van der Waals surface area (Å²) in [5, 5.41) is 21.2. The predicted molar refractivity (Wildman–Crippen MR) is 63.0 cm³/mol. The maximum absolute atomic E-state index is 13.4. The van der Waals surface area contributed by atoms with Crippen LogP contribution in [-0.4, -0.2) is 17.3 Å². The van der Waals surface area contributed by atoms with Gasteiger partial charge in [0.1, 0.15) is 11.9 Å². The minimum absolute atomic E-state index is 0.0645. The first kappa shape index (κ1) is 11.9. The van der Waals surface area contributed by atoms with Gasteiger partial charge in [0.15, 0.2) is 0 Å². The van der Waals surface area contributed by atoms with E-state index in [1.807, 2.05) is 0 Å². The van der Waals surface area contributed by atoms with Crippen molar-refractivity contribution in [3.63, 3.8) is 0 Å². The van der Waals surface area contributed by atoms with Gasteiger partial charge >= 0.3 is 0 Å². The van der Waals surface area contributed by atoms with Crippen molar-refractivity contribution >= 4 is 5.69 Å². The number of benzene rings is 1. The van der Waals surface area contributed by atoms with E-state index in [-0.39, 0.29) is 17.7 Å². The minimum Gasteiger partial charge on any atom is -0.393 e. The van der Waals surface area contributed by atoms with Crippen molar-refractivity contribution in [2.24, 2.45) is 0 Å². The van der Waals surface area contributed by atoms with E-state index in [1.165, 1.54) is 12.1 Å². The van der Waals surface area contributed by atoms with Gasteiger partial charge in [-0.15, -0.1) is 0 Å². The van der Waals surface area contributed by atoms with Crippen LogP contribution in [0.25, 0.3) is 0 Å². The molecule has 2 N–H and O–H groups in total. The molecule has 0 bridgehead atoms. The van der Waals surface area contributed by atoms with Gasteiger partial charge in [-0.05, 0) is 43.9 Å². The van der Waals surface area contributed by atoms with E-state index in [0.717, 1.165) is 25.7 Å². The standard InChI is InChI=1S/C13H15FN2O/c14-13-7-11(2-1-9(13)8-15)16-10-3-5-12(17)6-4-10/h1-2,7,10,12,16-17H,3-6H2/t10-,12-. The molecule has 17 heavy (non-hydrogen) atoms. The molecule has 0 aromatic heterocycles. The van der Waals surface area contributed by atoms with Gasteiger partial charge in [-0.2, -0.15) is 5.26 Å². The summed E-state index contributed by atoms with van der Waals surface area (Å²) in [4.78, 5) is 0. The summed E-state index contributed by atoms with van der Waals surface area (Å²) >= 11 is 0. The zero-order valence-electron chi connectivity index (χ0n) is 9.49. The van der Waals surface area contributed by atoms with Crippen LogP contribution in [0, 0.1) is 17.1 Å². The van der Waals surface area contributed by atoms with Crippen LogP contribution >= 0.6 is 0 Å². The quantitative estimate of drug-likeness (QED) is 0.826. The van der Waals surface area contributed by atoms with Gasteiger partial charge in [-0.1, -0.05) is 0 Å². The molecule has 90 valence electrons. The number of nitrogens with zero attached hydrogens (tertiary/aromatic N) is 1. The molecule has 1 aromatic rings. The van der Waals surface area contributed by atoms with Crippen molar-refractivity contribution in [2.75, 3.05) is 5.32 Å². The van der Waals surface area contributed by atoms with Crippen molar-refractivity contribution in [3.05, 3.63) is 29.6 Å². The Bertz CT molecular complexity index is 434. The molecule has 0 aliphatic heterocycles. The van der Waals surface area contributed by atoms with Crippen molar-refractivity contribution in [3.8, 4) is 6.07 Å². The second-order valence-corrected chi connectivity index (χ2v) is 4.46. The van der Waals surface area contributed by atoms with E-state index in [9.17, 15) is 9.50 Å². The molecule has 1 aliphatic rings. The average Bonchev–Trinajstić information content (AvgIpc) is 2.32. The molecule has 0 saturated heterocycles. The van der Waals surface area contributed by atoms with Crippen molar-refractivity contribution in [1.82, 2.24) is 0 Å². The first-order chi connectivity index (χ1) is 8.19. The van der Waals surface area contributed by atoms with Crippen LogP contribution < -0.4 is 5.32 Å². The van der Waals surface area contributed by atoms with Crippen LogP contribution in [0.3, 0.4) is 0 Å². The van der Waals surface area contributed by atoms with Crippen LogP contribution in [0.1, 0.15) is 31.2 Å². The number of aliphatic hydroxyl groups is 1. The van der Waals surface area contributed by atoms with E-state index >= 15 is 0 Å². The SMILES string of the molecule is N#Cc1ccc(N[C@H]2CC[C@H](O)CC2)cc1F. The van der Waals surface area contributed by atoms with E-state index in [4.69, 9.17) is 5.26 Å². The molecule has 1 aromatic carbocycles. The number of rotatable bonds is 2. The third kappa shape index (κ3) is 2.95. The second kappa shape index (κ2) is 5.15. The Morgan fingerprint density at radius 3 is 2.59 bits per heavy atom.